The van der Waals surface area contributed by atoms with Gasteiger partial charge in [-0.25, -0.2) is 4.79 Å². The Labute approximate surface area is 111 Å². The Bertz CT molecular complexity index is 512. The SMILES string of the molecule is [B]C(=O)N1CCN(c2ccc(C(=O)O)c(O)c2)CC1. The Kier molecular flexibility index (Phi) is 3.64. The largest absolute Gasteiger partial charge is 0.507 e. The molecule has 1 aromatic carbocycles. The Hall–Kier alpha value is -2.18. The molecule has 0 bridgehead atoms. The highest BCUT2D eigenvalue weighted by molar-refractivity contribution is 6.56. The van der Waals surface area contributed by atoms with E-state index in [0.29, 0.717) is 26.2 Å². The fourth-order valence-corrected chi connectivity index (χ4v) is 2.08. The molecule has 0 atom stereocenters. The quantitative estimate of drug-likeness (QED) is 0.757. The summed E-state index contributed by atoms with van der Waals surface area (Å²) in [5.74, 6) is -1.87. The number of piperazine rings is 1. The molecule has 2 radical (unpaired) electrons. The number of aromatic hydroxyl groups is 1. The first-order chi connectivity index (χ1) is 8.99. The summed E-state index contributed by atoms with van der Waals surface area (Å²) >= 11 is 0. The van der Waals surface area contributed by atoms with Gasteiger partial charge in [0, 0.05) is 37.9 Å². The van der Waals surface area contributed by atoms with Gasteiger partial charge < -0.3 is 20.0 Å². The Morgan fingerprint density at radius 3 is 2.26 bits per heavy atom. The topological polar surface area (TPSA) is 81.1 Å². The zero-order valence-electron chi connectivity index (χ0n) is 10.2. The number of rotatable bonds is 2. The van der Waals surface area contributed by atoms with Crippen molar-refractivity contribution in [2.24, 2.45) is 0 Å². The molecule has 1 aliphatic rings. The molecular weight excluding hydrogens is 247 g/mol. The summed E-state index contributed by atoms with van der Waals surface area (Å²) < 4.78 is 0. The molecular formula is C12H13BN2O4. The number of hydrogen-bond donors (Lipinski definition) is 2. The monoisotopic (exact) mass is 260 g/mol. The number of carbonyl (C=O) groups is 2. The maximum Gasteiger partial charge on any atom is 0.339 e. The van der Waals surface area contributed by atoms with E-state index in [1.165, 1.54) is 12.1 Å². The van der Waals surface area contributed by atoms with E-state index < -0.39 is 11.8 Å². The Morgan fingerprint density at radius 2 is 1.79 bits per heavy atom. The highest BCUT2D eigenvalue weighted by Crippen LogP contribution is 2.25. The first-order valence-electron chi connectivity index (χ1n) is 5.84. The molecule has 19 heavy (non-hydrogen) atoms. The van der Waals surface area contributed by atoms with Crippen molar-refractivity contribution in [3.05, 3.63) is 23.8 Å². The van der Waals surface area contributed by atoms with Gasteiger partial charge in [-0.3, -0.25) is 4.79 Å². The first-order valence-corrected chi connectivity index (χ1v) is 5.84. The van der Waals surface area contributed by atoms with Crippen molar-refractivity contribution in [2.75, 3.05) is 31.1 Å². The van der Waals surface area contributed by atoms with Crippen LogP contribution in [0.1, 0.15) is 10.4 Å². The maximum absolute atomic E-state index is 11.0. The van der Waals surface area contributed by atoms with Gasteiger partial charge in [0.1, 0.15) is 11.3 Å². The van der Waals surface area contributed by atoms with Crippen molar-refractivity contribution in [2.45, 2.75) is 0 Å². The third-order valence-corrected chi connectivity index (χ3v) is 3.17. The van der Waals surface area contributed by atoms with E-state index in [4.69, 9.17) is 13.0 Å². The molecule has 1 aromatic rings. The molecule has 0 saturated carbocycles. The van der Waals surface area contributed by atoms with Crippen LogP contribution in [0, 0.1) is 0 Å². The normalized spacial score (nSPS) is 15.4. The van der Waals surface area contributed by atoms with Crippen LogP contribution in [0.4, 0.5) is 10.5 Å². The van der Waals surface area contributed by atoms with Gasteiger partial charge in [-0.1, -0.05) is 0 Å². The van der Waals surface area contributed by atoms with Crippen LogP contribution in [0.25, 0.3) is 0 Å². The minimum absolute atomic E-state index is 0.125. The van der Waals surface area contributed by atoms with Gasteiger partial charge >= 0.3 is 5.97 Å². The van der Waals surface area contributed by atoms with Crippen molar-refractivity contribution in [1.82, 2.24) is 4.90 Å². The van der Waals surface area contributed by atoms with E-state index in [9.17, 15) is 14.7 Å². The van der Waals surface area contributed by atoms with Gasteiger partial charge in [-0.2, -0.15) is 0 Å². The molecule has 0 aromatic heterocycles. The number of aromatic carboxylic acids is 1. The van der Waals surface area contributed by atoms with Crippen LogP contribution in [0.2, 0.25) is 0 Å². The molecule has 0 unspecified atom stereocenters. The predicted octanol–water partition coefficient (Wildman–Crippen LogP) is 0.501. The summed E-state index contributed by atoms with van der Waals surface area (Å²) in [6.07, 6.45) is 0. The zero-order valence-corrected chi connectivity index (χ0v) is 10.2. The molecule has 6 nitrogen and oxygen atoms in total. The number of phenols is 1. The van der Waals surface area contributed by atoms with Gasteiger partial charge in [0.05, 0.1) is 0 Å². The molecule has 1 fully saturated rings. The van der Waals surface area contributed by atoms with Crippen LogP contribution in [0.15, 0.2) is 18.2 Å². The molecule has 1 amide bonds. The lowest BCUT2D eigenvalue weighted by Gasteiger charge is -2.36. The lowest BCUT2D eigenvalue weighted by atomic mass is 10.1. The molecule has 98 valence electrons. The molecule has 1 saturated heterocycles. The van der Waals surface area contributed by atoms with Crippen molar-refractivity contribution >= 4 is 25.3 Å². The summed E-state index contributed by atoms with van der Waals surface area (Å²) in [7, 11) is 5.19. The smallest absolute Gasteiger partial charge is 0.339 e. The lowest BCUT2D eigenvalue weighted by molar-refractivity contribution is 0.0693. The minimum atomic E-state index is -1.16. The minimum Gasteiger partial charge on any atom is -0.507 e. The van der Waals surface area contributed by atoms with Crippen LogP contribution in [-0.4, -0.2) is 60.9 Å². The predicted molar refractivity (Wildman–Crippen MR) is 70.0 cm³/mol. The summed E-state index contributed by atoms with van der Waals surface area (Å²) in [6, 6.07) is 4.43. The van der Waals surface area contributed by atoms with E-state index in [1.54, 1.807) is 11.0 Å². The fourth-order valence-electron chi connectivity index (χ4n) is 2.08. The third-order valence-electron chi connectivity index (χ3n) is 3.17. The molecule has 2 rings (SSSR count). The lowest BCUT2D eigenvalue weighted by Crippen LogP contribution is -2.48. The van der Waals surface area contributed by atoms with E-state index in [-0.39, 0.29) is 11.3 Å². The van der Waals surface area contributed by atoms with Gasteiger partial charge in [-0.15, -0.1) is 0 Å². The van der Waals surface area contributed by atoms with E-state index in [2.05, 4.69) is 0 Å². The fraction of sp³-hybridized carbons (Fsp3) is 0.333. The standard InChI is InChI=1S/C12H13BN2O4/c13-12(19)15-5-3-14(4-6-15)8-1-2-9(11(17)18)10(16)7-8/h1-2,7,16H,3-6H2,(H,17,18). The van der Waals surface area contributed by atoms with Gasteiger partial charge in [0.2, 0.25) is 7.85 Å². The molecule has 0 spiro atoms. The number of anilines is 1. The summed E-state index contributed by atoms with van der Waals surface area (Å²) in [5.41, 5.74) is 0.603. The second kappa shape index (κ2) is 5.21. The van der Waals surface area contributed by atoms with Gasteiger partial charge in [0.15, 0.2) is 5.81 Å². The molecule has 1 heterocycles. The van der Waals surface area contributed by atoms with E-state index in [0.717, 1.165) is 5.69 Å². The number of carboxylic acids is 1. The van der Waals surface area contributed by atoms with E-state index in [1.807, 2.05) is 4.90 Å². The number of hydrogen-bond acceptors (Lipinski definition) is 4. The number of nitrogens with zero attached hydrogens (tertiary/aromatic N) is 2. The first kappa shape index (κ1) is 13.3. The molecule has 7 heteroatoms. The summed E-state index contributed by atoms with van der Waals surface area (Å²) in [6.45, 7) is 2.21. The highest BCUT2D eigenvalue weighted by Gasteiger charge is 2.19. The summed E-state index contributed by atoms with van der Waals surface area (Å²) in [5, 5.41) is 18.5. The average molecular weight is 260 g/mol. The number of carboxylic acid groups (broad SMARTS) is 1. The third kappa shape index (κ3) is 2.81. The van der Waals surface area contributed by atoms with Crippen LogP contribution in [0.3, 0.4) is 0 Å². The zero-order chi connectivity index (χ0) is 14.0. The van der Waals surface area contributed by atoms with Crippen LogP contribution >= 0.6 is 0 Å². The van der Waals surface area contributed by atoms with Crippen molar-refractivity contribution < 1.29 is 19.8 Å². The maximum atomic E-state index is 11.0. The molecule has 1 aliphatic heterocycles. The Balaban J connectivity index is 2.10. The van der Waals surface area contributed by atoms with Crippen molar-refractivity contribution in [3.8, 4) is 5.75 Å². The number of carbonyl (C=O) groups excluding carboxylic acids is 1. The Morgan fingerprint density at radius 1 is 1.16 bits per heavy atom. The second-order valence-corrected chi connectivity index (χ2v) is 4.32. The molecule has 2 N–H and O–H groups in total. The average Bonchev–Trinajstić information content (AvgIpc) is 2.38. The van der Waals surface area contributed by atoms with Crippen molar-refractivity contribution in [1.29, 1.82) is 0 Å². The summed E-state index contributed by atoms with van der Waals surface area (Å²) in [4.78, 5) is 25.3. The number of benzene rings is 1. The van der Waals surface area contributed by atoms with Crippen LogP contribution < -0.4 is 4.90 Å². The van der Waals surface area contributed by atoms with E-state index >= 15 is 0 Å². The van der Waals surface area contributed by atoms with Gasteiger partial charge in [0.25, 0.3) is 0 Å². The van der Waals surface area contributed by atoms with Crippen LogP contribution in [0.5, 0.6) is 5.75 Å². The van der Waals surface area contributed by atoms with Gasteiger partial charge in [-0.05, 0) is 12.1 Å². The highest BCUT2D eigenvalue weighted by atomic mass is 16.4. The number of amides is 1. The van der Waals surface area contributed by atoms with Crippen molar-refractivity contribution in [3.63, 3.8) is 0 Å². The van der Waals surface area contributed by atoms with Crippen LogP contribution in [-0.2, 0) is 0 Å². The molecule has 0 aliphatic carbocycles. The second-order valence-electron chi connectivity index (χ2n) is 4.32.